The summed E-state index contributed by atoms with van der Waals surface area (Å²) in [5, 5.41) is 5.76. The van der Waals surface area contributed by atoms with Gasteiger partial charge in [0.1, 0.15) is 11.6 Å². The minimum atomic E-state index is 0.652. The van der Waals surface area contributed by atoms with Crippen LogP contribution in [-0.2, 0) is 6.54 Å². The van der Waals surface area contributed by atoms with Crippen LogP contribution in [0.3, 0.4) is 0 Å². The molecule has 0 radical (unpaired) electrons. The van der Waals surface area contributed by atoms with E-state index < -0.39 is 0 Å². The second kappa shape index (κ2) is 8.55. The van der Waals surface area contributed by atoms with Crippen LogP contribution in [-0.4, -0.2) is 70.0 Å². The van der Waals surface area contributed by atoms with Crippen molar-refractivity contribution in [3.63, 3.8) is 0 Å². The van der Waals surface area contributed by atoms with E-state index in [0.29, 0.717) is 6.54 Å². The summed E-state index contributed by atoms with van der Waals surface area (Å²) in [4.78, 5) is 18.7. The number of pyridine rings is 1. The van der Waals surface area contributed by atoms with Crippen LogP contribution in [0.1, 0.15) is 11.3 Å². The van der Waals surface area contributed by atoms with Crippen LogP contribution >= 0.6 is 0 Å². The van der Waals surface area contributed by atoms with Crippen LogP contribution in [0.2, 0.25) is 0 Å². The summed E-state index contributed by atoms with van der Waals surface area (Å²) in [6, 6.07) is 10.1. The molecule has 0 amide bonds. The van der Waals surface area contributed by atoms with Crippen molar-refractivity contribution in [2.75, 3.05) is 45.2 Å². The molecule has 8 nitrogen and oxygen atoms in total. The molecule has 1 aliphatic heterocycles. The van der Waals surface area contributed by atoms with E-state index in [2.05, 4.69) is 40.0 Å². The Morgan fingerprint density at radius 2 is 1.78 bits per heavy atom. The Morgan fingerprint density at radius 1 is 1.00 bits per heavy atom. The highest BCUT2D eigenvalue weighted by Gasteiger charge is 2.17. The van der Waals surface area contributed by atoms with Gasteiger partial charge in [0.2, 0.25) is 0 Å². The van der Waals surface area contributed by atoms with Gasteiger partial charge in [-0.05, 0) is 37.7 Å². The zero-order chi connectivity index (χ0) is 22.1. The Balaban J connectivity index is 1.43. The summed E-state index contributed by atoms with van der Waals surface area (Å²) in [5.74, 6) is 1.76. The summed E-state index contributed by atoms with van der Waals surface area (Å²) in [7, 11) is 3.82. The third-order valence-corrected chi connectivity index (χ3v) is 6.01. The summed E-state index contributed by atoms with van der Waals surface area (Å²) in [6.07, 6.45) is 5.52. The maximum Gasteiger partial charge on any atom is 0.158 e. The van der Waals surface area contributed by atoms with Gasteiger partial charge in [-0.15, -0.1) is 0 Å². The van der Waals surface area contributed by atoms with Crippen LogP contribution in [0.25, 0.3) is 22.3 Å². The lowest BCUT2D eigenvalue weighted by atomic mass is 10.1. The molecular weight excluding hydrogens is 402 g/mol. The summed E-state index contributed by atoms with van der Waals surface area (Å²) >= 11 is 0. The third kappa shape index (κ3) is 4.01. The minimum Gasteiger partial charge on any atom is -0.497 e. The highest BCUT2D eigenvalue weighted by Crippen LogP contribution is 2.25. The average Bonchev–Trinajstić information content (AvgIpc) is 3.14. The summed E-state index contributed by atoms with van der Waals surface area (Å²) < 4.78 is 7.20. The SMILES string of the molecule is COc1ccc(Cn2nc(C)c3cc(-c4cncc(N5CCN(C)CC5)n4)cnc32)cc1. The number of benzene rings is 1. The van der Waals surface area contributed by atoms with Crippen LogP contribution in [0.5, 0.6) is 5.75 Å². The van der Waals surface area contributed by atoms with Crippen LogP contribution in [0.15, 0.2) is 48.9 Å². The van der Waals surface area contributed by atoms with E-state index >= 15 is 0 Å². The number of aryl methyl sites for hydroxylation is 1. The number of piperazine rings is 1. The molecule has 0 N–H and O–H groups in total. The molecule has 0 bridgehead atoms. The maximum atomic E-state index is 5.25. The smallest absolute Gasteiger partial charge is 0.158 e. The quantitative estimate of drug-likeness (QED) is 0.483. The molecule has 3 aromatic heterocycles. The molecule has 32 heavy (non-hydrogen) atoms. The fraction of sp³-hybridized carbons (Fsp3) is 0.333. The number of nitrogens with zero attached hydrogens (tertiary/aromatic N) is 7. The Hall–Kier alpha value is -3.52. The maximum absolute atomic E-state index is 5.25. The Kier molecular flexibility index (Phi) is 5.45. The molecule has 0 atom stereocenters. The van der Waals surface area contributed by atoms with E-state index in [1.165, 1.54) is 0 Å². The van der Waals surface area contributed by atoms with Gasteiger partial charge in [-0.25, -0.2) is 14.6 Å². The zero-order valence-corrected chi connectivity index (χ0v) is 18.7. The molecule has 1 fully saturated rings. The second-order valence-electron chi connectivity index (χ2n) is 8.24. The first-order chi connectivity index (χ1) is 15.6. The van der Waals surface area contributed by atoms with Gasteiger partial charge in [0.25, 0.3) is 0 Å². The second-order valence-corrected chi connectivity index (χ2v) is 8.24. The molecule has 8 heteroatoms. The number of fused-ring (bicyclic) bond motifs is 1. The van der Waals surface area contributed by atoms with E-state index in [-0.39, 0.29) is 0 Å². The number of anilines is 1. The van der Waals surface area contributed by atoms with E-state index in [4.69, 9.17) is 19.8 Å². The predicted octanol–water partition coefficient (Wildman–Crippen LogP) is 3.01. The number of likely N-dealkylation sites (N-methyl/N-ethyl adjacent to an activating group) is 1. The van der Waals surface area contributed by atoms with Gasteiger partial charge in [-0.1, -0.05) is 12.1 Å². The number of hydrogen-bond donors (Lipinski definition) is 0. The number of aromatic nitrogens is 5. The molecule has 0 spiro atoms. The van der Waals surface area contributed by atoms with Gasteiger partial charge in [0, 0.05) is 43.3 Å². The molecule has 4 aromatic rings. The average molecular weight is 430 g/mol. The van der Waals surface area contributed by atoms with Crippen LogP contribution < -0.4 is 9.64 Å². The third-order valence-electron chi connectivity index (χ3n) is 6.01. The first-order valence-corrected chi connectivity index (χ1v) is 10.8. The van der Waals surface area contributed by atoms with Crippen LogP contribution in [0.4, 0.5) is 5.82 Å². The lowest BCUT2D eigenvalue weighted by molar-refractivity contribution is 0.312. The zero-order valence-electron chi connectivity index (χ0n) is 18.7. The Labute approximate surface area is 187 Å². The molecule has 0 unspecified atom stereocenters. The molecule has 164 valence electrons. The van der Waals surface area contributed by atoms with Gasteiger partial charge in [0.05, 0.1) is 37.4 Å². The van der Waals surface area contributed by atoms with Crippen molar-refractivity contribution in [3.8, 4) is 17.0 Å². The fourth-order valence-corrected chi connectivity index (χ4v) is 4.05. The highest BCUT2D eigenvalue weighted by molar-refractivity contribution is 5.83. The lowest BCUT2D eigenvalue weighted by Gasteiger charge is -2.33. The van der Waals surface area contributed by atoms with Crippen molar-refractivity contribution >= 4 is 16.9 Å². The van der Waals surface area contributed by atoms with Crippen molar-refractivity contribution in [1.82, 2.24) is 29.6 Å². The topological polar surface area (TPSA) is 72.2 Å². The van der Waals surface area contributed by atoms with Gasteiger partial charge >= 0.3 is 0 Å². The molecule has 0 aliphatic carbocycles. The first kappa shape index (κ1) is 20.4. The van der Waals surface area contributed by atoms with Crippen molar-refractivity contribution < 1.29 is 4.74 Å². The molecule has 0 saturated carbocycles. The standard InChI is InChI=1S/C24H27N7O/c1-17-21-12-19(22-14-25-15-23(27-22)30-10-8-29(2)9-11-30)13-26-24(21)31(28-17)16-18-4-6-20(32-3)7-5-18/h4-7,12-15H,8-11,16H2,1-3H3. The van der Waals surface area contributed by atoms with Gasteiger partial charge in [0.15, 0.2) is 5.65 Å². The minimum absolute atomic E-state index is 0.652. The first-order valence-electron chi connectivity index (χ1n) is 10.8. The number of ether oxygens (including phenoxy) is 1. The van der Waals surface area contributed by atoms with Crippen molar-refractivity contribution in [3.05, 3.63) is 60.2 Å². The lowest BCUT2D eigenvalue weighted by Crippen LogP contribution is -2.44. The Morgan fingerprint density at radius 3 is 2.53 bits per heavy atom. The predicted molar refractivity (Wildman–Crippen MR) is 125 cm³/mol. The molecule has 1 saturated heterocycles. The number of rotatable bonds is 5. The number of hydrogen-bond acceptors (Lipinski definition) is 7. The summed E-state index contributed by atoms with van der Waals surface area (Å²) in [6.45, 7) is 6.66. The molecule has 1 aliphatic rings. The van der Waals surface area contributed by atoms with Gasteiger partial charge in [-0.3, -0.25) is 4.98 Å². The van der Waals surface area contributed by atoms with Gasteiger partial charge < -0.3 is 14.5 Å². The molecular formula is C24H27N7O. The largest absolute Gasteiger partial charge is 0.497 e. The van der Waals surface area contributed by atoms with Crippen molar-refractivity contribution in [2.45, 2.75) is 13.5 Å². The monoisotopic (exact) mass is 429 g/mol. The van der Waals surface area contributed by atoms with Crippen molar-refractivity contribution in [1.29, 1.82) is 0 Å². The molecule has 4 heterocycles. The normalized spacial score (nSPS) is 14.8. The van der Waals surface area contributed by atoms with Gasteiger partial charge in [-0.2, -0.15) is 5.10 Å². The number of methoxy groups -OCH3 is 1. The Bertz CT molecular complexity index is 1230. The fourth-order valence-electron chi connectivity index (χ4n) is 4.05. The molecule has 5 rings (SSSR count). The van der Waals surface area contributed by atoms with E-state index in [0.717, 1.165) is 71.3 Å². The van der Waals surface area contributed by atoms with Crippen molar-refractivity contribution in [2.24, 2.45) is 0 Å². The highest BCUT2D eigenvalue weighted by atomic mass is 16.5. The van der Waals surface area contributed by atoms with E-state index in [1.54, 1.807) is 13.3 Å². The summed E-state index contributed by atoms with van der Waals surface area (Å²) in [5.41, 5.74) is 4.74. The molecule has 1 aromatic carbocycles. The van der Waals surface area contributed by atoms with Crippen LogP contribution in [0, 0.1) is 6.92 Å². The van der Waals surface area contributed by atoms with E-state index in [9.17, 15) is 0 Å². The van der Waals surface area contributed by atoms with E-state index in [1.807, 2.05) is 36.1 Å².